The normalized spacial score (nSPS) is 29.2. The Balaban J connectivity index is 1.74. The molecule has 1 aromatic carbocycles. The van der Waals surface area contributed by atoms with Crippen LogP contribution in [0.4, 0.5) is 0 Å². The van der Waals surface area contributed by atoms with Crippen LogP contribution in [0.15, 0.2) is 24.3 Å². The van der Waals surface area contributed by atoms with Crippen molar-refractivity contribution in [3.05, 3.63) is 27.8 Å². The third-order valence-electron chi connectivity index (χ3n) is 4.74. The van der Waals surface area contributed by atoms with Crippen molar-refractivity contribution in [1.82, 2.24) is 5.32 Å². The summed E-state index contributed by atoms with van der Waals surface area (Å²) >= 11 is 2.34. The fourth-order valence-electron chi connectivity index (χ4n) is 3.73. The van der Waals surface area contributed by atoms with Crippen molar-refractivity contribution in [2.75, 3.05) is 7.05 Å². The minimum Gasteiger partial charge on any atom is -0.490 e. The molecular formula is C15H20INO. The van der Waals surface area contributed by atoms with E-state index in [0.29, 0.717) is 17.6 Å². The highest BCUT2D eigenvalue weighted by Gasteiger charge is 2.56. The Kier molecular flexibility index (Phi) is 3.54. The summed E-state index contributed by atoms with van der Waals surface area (Å²) in [6.45, 7) is 0. The van der Waals surface area contributed by atoms with E-state index in [9.17, 15) is 0 Å². The topological polar surface area (TPSA) is 21.3 Å². The van der Waals surface area contributed by atoms with Crippen LogP contribution in [0.3, 0.4) is 0 Å². The molecule has 0 aromatic heterocycles. The Morgan fingerprint density at radius 3 is 2.78 bits per heavy atom. The van der Waals surface area contributed by atoms with Crippen molar-refractivity contribution >= 4 is 22.6 Å². The molecule has 1 spiro atoms. The van der Waals surface area contributed by atoms with Gasteiger partial charge < -0.3 is 10.1 Å². The first-order chi connectivity index (χ1) is 8.74. The molecule has 3 heteroatoms. The molecule has 0 heterocycles. The largest absolute Gasteiger partial charge is 0.490 e. The molecule has 0 amide bonds. The van der Waals surface area contributed by atoms with E-state index in [0.717, 1.165) is 12.2 Å². The molecule has 1 aromatic rings. The molecule has 1 N–H and O–H groups in total. The second-order valence-electron chi connectivity index (χ2n) is 5.58. The lowest BCUT2D eigenvalue weighted by Gasteiger charge is -2.53. The van der Waals surface area contributed by atoms with Gasteiger partial charge in [0.15, 0.2) is 0 Å². The van der Waals surface area contributed by atoms with Crippen molar-refractivity contribution < 1.29 is 4.74 Å². The molecule has 0 bridgehead atoms. The summed E-state index contributed by atoms with van der Waals surface area (Å²) in [7, 11) is 2.09. The third kappa shape index (κ3) is 2.05. The summed E-state index contributed by atoms with van der Waals surface area (Å²) < 4.78 is 7.50. The average molecular weight is 357 g/mol. The Labute approximate surface area is 123 Å². The number of nitrogens with one attached hydrogen (secondary N) is 1. The van der Waals surface area contributed by atoms with Gasteiger partial charge in [-0.1, -0.05) is 18.9 Å². The molecule has 0 saturated heterocycles. The van der Waals surface area contributed by atoms with Crippen LogP contribution in [-0.2, 0) is 0 Å². The van der Waals surface area contributed by atoms with Crippen molar-refractivity contribution in [1.29, 1.82) is 0 Å². The SMILES string of the molecule is CNC1CC(Oc2cccc(I)c2)C12CCCC2. The van der Waals surface area contributed by atoms with Crippen LogP contribution in [0.2, 0.25) is 0 Å². The van der Waals surface area contributed by atoms with Crippen LogP contribution in [0.25, 0.3) is 0 Å². The molecule has 0 radical (unpaired) electrons. The van der Waals surface area contributed by atoms with E-state index in [2.05, 4.69) is 59.2 Å². The highest BCUT2D eigenvalue weighted by Crippen LogP contribution is 2.54. The lowest BCUT2D eigenvalue weighted by Crippen LogP contribution is -2.63. The molecule has 2 saturated carbocycles. The monoisotopic (exact) mass is 357 g/mol. The number of hydrogen-bond acceptors (Lipinski definition) is 2. The first-order valence-electron chi connectivity index (χ1n) is 6.84. The van der Waals surface area contributed by atoms with Gasteiger partial charge in [0.05, 0.1) is 0 Å². The van der Waals surface area contributed by atoms with E-state index in [1.807, 2.05) is 0 Å². The number of halogens is 1. The van der Waals surface area contributed by atoms with Crippen LogP contribution in [0.1, 0.15) is 32.1 Å². The van der Waals surface area contributed by atoms with Gasteiger partial charge in [-0.05, 0) is 60.7 Å². The van der Waals surface area contributed by atoms with Crippen LogP contribution in [-0.4, -0.2) is 19.2 Å². The average Bonchev–Trinajstić information content (AvgIpc) is 2.86. The van der Waals surface area contributed by atoms with Crippen molar-refractivity contribution in [2.45, 2.75) is 44.2 Å². The van der Waals surface area contributed by atoms with E-state index in [1.165, 1.54) is 29.3 Å². The minimum atomic E-state index is 0.413. The van der Waals surface area contributed by atoms with E-state index in [1.54, 1.807) is 0 Å². The summed E-state index contributed by atoms with van der Waals surface area (Å²) in [5.41, 5.74) is 0.413. The Morgan fingerprint density at radius 1 is 1.33 bits per heavy atom. The molecule has 2 aliphatic carbocycles. The zero-order valence-corrected chi connectivity index (χ0v) is 12.9. The molecule has 2 atom stereocenters. The molecule has 2 fully saturated rings. The smallest absolute Gasteiger partial charge is 0.120 e. The highest BCUT2D eigenvalue weighted by molar-refractivity contribution is 14.1. The molecule has 0 aliphatic heterocycles. The Morgan fingerprint density at radius 2 is 2.11 bits per heavy atom. The van der Waals surface area contributed by atoms with Gasteiger partial charge in [0.25, 0.3) is 0 Å². The second kappa shape index (κ2) is 5.00. The lowest BCUT2D eigenvalue weighted by molar-refractivity contribution is -0.0736. The zero-order chi connectivity index (χ0) is 12.6. The predicted octanol–water partition coefficient (Wildman–Crippen LogP) is 3.59. The fourth-order valence-corrected chi connectivity index (χ4v) is 4.24. The van der Waals surface area contributed by atoms with Gasteiger partial charge in [-0.25, -0.2) is 0 Å². The maximum Gasteiger partial charge on any atom is 0.120 e. The van der Waals surface area contributed by atoms with E-state index in [4.69, 9.17) is 4.74 Å². The Bertz CT molecular complexity index is 428. The van der Waals surface area contributed by atoms with Gasteiger partial charge in [-0.15, -0.1) is 0 Å². The molecule has 2 nitrogen and oxygen atoms in total. The summed E-state index contributed by atoms with van der Waals surface area (Å²) in [5.74, 6) is 1.03. The maximum absolute atomic E-state index is 6.26. The minimum absolute atomic E-state index is 0.413. The van der Waals surface area contributed by atoms with Crippen molar-refractivity contribution in [3.63, 3.8) is 0 Å². The van der Waals surface area contributed by atoms with Gasteiger partial charge in [0.1, 0.15) is 11.9 Å². The standard InChI is InChI=1S/C15H20INO/c1-17-13-10-14(15(13)7-2-3-8-15)18-12-6-4-5-11(16)9-12/h4-6,9,13-14,17H,2-3,7-8,10H2,1H3. The molecule has 2 aliphatic rings. The second-order valence-corrected chi connectivity index (χ2v) is 6.83. The third-order valence-corrected chi connectivity index (χ3v) is 5.41. The van der Waals surface area contributed by atoms with Gasteiger partial charge in [0, 0.05) is 21.4 Å². The molecule has 18 heavy (non-hydrogen) atoms. The first-order valence-corrected chi connectivity index (χ1v) is 7.92. The fraction of sp³-hybridized carbons (Fsp3) is 0.600. The van der Waals surface area contributed by atoms with Crippen LogP contribution in [0.5, 0.6) is 5.75 Å². The number of rotatable bonds is 3. The maximum atomic E-state index is 6.26. The summed E-state index contributed by atoms with van der Waals surface area (Å²) in [4.78, 5) is 0. The summed E-state index contributed by atoms with van der Waals surface area (Å²) in [6.07, 6.45) is 6.95. The number of hydrogen-bond donors (Lipinski definition) is 1. The van der Waals surface area contributed by atoms with Crippen LogP contribution in [0, 0.1) is 8.99 Å². The lowest BCUT2D eigenvalue weighted by atomic mass is 9.60. The zero-order valence-electron chi connectivity index (χ0n) is 10.8. The summed E-state index contributed by atoms with van der Waals surface area (Å²) in [6, 6.07) is 9.06. The highest BCUT2D eigenvalue weighted by atomic mass is 127. The van der Waals surface area contributed by atoms with Gasteiger partial charge in [0.2, 0.25) is 0 Å². The molecule has 3 rings (SSSR count). The molecule has 98 valence electrons. The van der Waals surface area contributed by atoms with Crippen LogP contribution >= 0.6 is 22.6 Å². The van der Waals surface area contributed by atoms with Gasteiger partial charge >= 0.3 is 0 Å². The van der Waals surface area contributed by atoms with Crippen LogP contribution < -0.4 is 10.1 Å². The van der Waals surface area contributed by atoms with E-state index < -0.39 is 0 Å². The summed E-state index contributed by atoms with van der Waals surface area (Å²) in [5, 5.41) is 3.48. The van der Waals surface area contributed by atoms with Crippen molar-refractivity contribution in [3.8, 4) is 5.75 Å². The first kappa shape index (κ1) is 12.7. The molecular weight excluding hydrogens is 337 g/mol. The van der Waals surface area contributed by atoms with Crippen molar-refractivity contribution in [2.24, 2.45) is 5.41 Å². The van der Waals surface area contributed by atoms with Gasteiger partial charge in [-0.2, -0.15) is 0 Å². The number of ether oxygens (including phenoxy) is 1. The van der Waals surface area contributed by atoms with E-state index >= 15 is 0 Å². The molecule has 2 unspecified atom stereocenters. The Hall–Kier alpha value is -0.290. The quantitative estimate of drug-likeness (QED) is 0.835. The van der Waals surface area contributed by atoms with E-state index in [-0.39, 0.29) is 0 Å². The predicted molar refractivity (Wildman–Crippen MR) is 81.9 cm³/mol. The number of benzene rings is 1. The van der Waals surface area contributed by atoms with Gasteiger partial charge in [-0.3, -0.25) is 0 Å².